The van der Waals surface area contributed by atoms with E-state index in [0.717, 1.165) is 6.42 Å². The summed E-state index contributed by atoms with van der Waals surface area (Å²) in [6.45, 7) is 14.5. The fourth-order valence-electron chi connectivity index (χ4n) is 2.62. The molecule has 1 fully saturated rings. The van der Waals surface area contributed by atoms with Crippen molar-refractivity contribution < 1.29 is 19.1 Å². The molecule has 1 amide bonds. The zero-order chi connectivity index (χ0) is 17.6. The molecule has 0 aromatic heterocycles. The Balaban J connectivity index is 2.60. The zero-order valence-corrected chi connectivity index (χ0v) is 15.4. The van der Waals surface area contributed by atoms with Gasteiger partial charge in [0.2, 0.25) is 0 Å². The largest absolute Gasteiger partial charge is 0.465 e. The fraction of sp³-hybridized carbons (Fsp3) is 0.882. The molecule has 0 saturated carbocycles. The predicted octanol–water partition coefficient (Wildman–Crippen LogP) is 2.52. The van der Waals surface area contributed by atoms with Crippen LogP contribution in [0.1, 0.15) is 48.0 Å². The molecule has 0 aromatic rings. The summed E-state index contributed by atoms with van der Waals surface area (Å²) >= 11 is 0. The monoisotopic (exact) mass is 328 g/mol. The molecule has 1 rings (SSSR count). The van der Waals surface area contributed by atoms with Gasteiger partial charge in [0, 0.05) is 26.2 Å². The quantitative estimate of drug-likeness (QED) is 0.726. The summed E-state index contributed by atoms with van der Waals surface area (Å²) in [4.78, 5) is 28.1. The summed E-state index contributed by atoms with van der Waals surface area (Å²) in [6.07, 6.45) is 0.486. The van der Waals surface area contributed by atoms with Crippen molar-refractivity contribution in [3.8, 4) is 0 Å². The number of hydrogen-bond donors (Lipinski definition) is 0. The second kappa shape index (κ2) is 8.52. The number of rotatable bonds is 5. The van der Waals surface area contributed by atoms with Crippen LogP contribution in [0, 0.1) is 5.92 Å². The first-order valence-corrected chi connectivity index (χ1v) is 8.52. The first-order valence-electron chi connectivity index (χ1n) is 8.52. The van der Waals surface area contributed by atoms with E-state index in [1.54, 1.807) is 4.90 Å². The Morgan fingerprint density at radius 3 is 2.09 bits per heavy atom. The topological polar surface area (TPSA) is 59.1 Å². The number of piperazine rings is 1. The summed E-state index contributed by atoms with van der Waals surface area (Å²) in [5, 5.41) is 0. The van der Waals surface area contributed by atoms with Crippen molar-refractivity contribution in [1.29, 1.82) is 0 Å². The van der Waals surface area contributed by atoms with Crippen LogP contribution in [-0.2, 0) is 14.3 Å². The van der Waals surface area contributed by atoms with Gasteiger partial charge in [-0.15, -0.1) is 0 Å². The van der Waals surface area contributed by atoms with Crippen LogP contribution in [-0.4, -0.2) is 66.3 Å². The van der Waals surface area contributed by atoms with Crippen LogP contribution in [0.25, 0.3) is 0 Å². The van der Waals surface area contributed by atoms with Gasteiger partial charge < -0.3 is 14.4 Å². The number of hydrogen-bond acceptors (Lipinski definition) is 5. The minimum Gasteiger partial charge on any atom is -0.465 e. The van der Waals surface area contributed by atoms with Crippen LogP contribution in [0.5, 0.6) is 0 Å². The van der Waals surface area contributed by atoms with Crippen LogP contribution in [0.3, 0.4) is 0 Å². The minimum atomic E-state index is -0.487. The molecule has 1 unspecified atom stereocenters. The SMILES string of the molecule is CCOC(=O)C(CC(C)C)N1CCN(C(=O)OC(C)(C)C)CC1. The molecular formula is C17H32N2O4. The zero-order valence-electron chi connectivity index (χ0n) is 15.4. The molecule has 6 heteroatoms. The first-order chi connectivity index (χ1) is 10.6. The number of nitrogens with zero attached hydrogens (tertiary/aromatic N) is 2. The van der Waals surface area contributed by atoms with Crippen LogP contribution < -0.4 is 0 Å². The lowest BCUT2D eigenvalue weighted by Gasteiger charge is -2.39. The van der Waals surface area contributed by atoms with Crippen molar-refractivity contribution >= 4 is 12.1 Å². The Labute approximate surface area is 140 Å². The van der Waals surface area contributed by atoms with E-state index < -0.39 is 5.60 Å². The molecule has 0 aliphatic carbocycles. The van der Waals surface area contributed by atoms with Gasteiger partial charge in [-0.1, -0.05) is 13.8 Å². The maximum absolute atomic E-state index is 12.2. The van der Waals surface area contributed by atoms with Crippen molar-refractivity contribution in [3.63, 3.8) is 0 Å². The van der Waals surface area contributed by atoms with Crippen molar-refractivity contribution in [2.24, 2.45) is 5.92 Å². The average Bonchev–Trinajstić information content (AvgIpc) is 2.43. The van der Waals surface area contributed by atoms with Crippen molar-refractivity contribution in [3.05, 3.63) is 0 Å². The summed E-state index contributed by atoms with van der Waals surface area (Å²) in [6, 6.07) is -0.226. The predicted molar refractivity (Wildman–Crippen MR) is 89.3 cm³/mol. The third kappa shape index (κ3) is 6.77. The molecule has 1 saturated heterocycles. The third-order valence-electron chi connectivity index (χ3n) is 3.66. The van der Waals surface area contributed by atoms with E-state index in [1.165, 1.54) is 0 Å². The van der Waals surface area contributed by atoms with Crippen molar-refractivity contribution in [2.75, 3.05) is 32.8 Å². The molecule has 134 valence electrons. The van der Waals surface area contributed by atoms with Gasteiger partial charge in [-0.3, -0.25) is 9.69 Å². The van der Waals surface area contributed by atoms with Crippen LogP contribution >= 0.6 is 0 Å². The summed E-state index contributed by atoms with van der Waals surface area (Å²) in [7, 11) is 0. The smallest absolute Gasteiger partial charge is 0.410 e. The van der Waals surface area contributed by atoms with Gasteiger partial charge in [-0.25, -0.2) is 4.79 Å². The maximum Gasteiger partial charge on any atom is 0.410 e. The van der Waals surface area contributed by atoms with E-state index in [1.807, 2.05) is 27.7 Å². The minimum absolute atomic E-state index is 0.160. The van der Waals surface area contributed by atoms with Gasteiger partial charge in [0.05, 0.1) is 6.61 Å². The molecule has 0 radical (unpaired) electrons. The second-order valence-corrected chi connectivity index (χ2v) is 7.40. The van der Waals surface area contributed by atoms with E-state index in [2.05, 4.69) is 18.7 Å². The van der Waals surface area contributed by atoms with Gasteiger partial charge in [-0.2, -0.15) is 0 Å². The van der Waals surface area contributed by atoms with Gasteiger partial charge in [-0.05, 0) is 40.0 Å². The molecule has 1 atom stereocenters. The van der Waals surface area contributed by atoms with E-state index in [0.29, 0.717) is 38.7 Å². The highest BCUT2D eigenvalue weighted by Crippen LogP contribution is 2.17. The highest BCUT2D eigenvalue weighted by Gasteiger charge is 2.33. The molecule has 6 nitrogen and oxygen atoms in total. The van der Waals surface area contributed by atoms with Crippen LogP contribution in [0.15, 0.2) is 0 Å². The lowest BCUT2D eigenvalue weighted by Crippen LogP contribution is -2.55. The molecule has 1 aliphatic rings. The van der Waals surface area contributed by atoms with Gasteiger partial charge in [0.25, 0.3) is 0 Å². The number of ether oxygens (including phenoxy) is 2. The Bertz CT molecular complexity index is 396. The Morgan fingerprint density at radius 1 is 1.09 bits per heavy atom. The highest BCUT2D eigenvalue weighted by molar-refractivity contribution is 5.76. The molecule has 23 heavy (non-hydrogen) atoms. The summed E-state index contributed by atoms with van der Waals surface area (Å²) in [5.41, 5.74) is -0.487. The molecular weight excluding hydrogens is 296 g/mol. The Morgan fingerprint density at radius 2 is 1.65 bits per heavy atom. The van der Waals surface area contributed by atoms with Gasteiger partial charge in [0.1, 0.15) is 11.6 Å². The normalized spacial score (nSPS) is 18.0. The molecule has 1 aliphatic heterocycles. The third-order valence-corrected chi connectivity index (χ3v) is 3.66. The second-order valence-electron chi connectivity index (χ2n) is 7.40. The first kappa shape index (κ1) is 19.7. The Kier molecular flexibility index (Phi) is 7.32. The molecule has 0 aromatic carbocycles. The van der Waals surface area contributed by atoms with Crippen molar-refractivity contribution in [2.45, 2.75) is 59.6 Å². The lowest BCUT2D eigenvalue weighted by atomic mass is 10.0. The van der Waals surface area contributed by atoms with E-state index >= 15 is 0 Å². The average molecular weight is 328 g/mol. The number of carbonyl (C=O) groups excluding carboxylic acids is 2. The van der Waals surface area contributed by atoms with E-state index in [-0.39, 0.29) is 18.1 Å². The fourth-order valence-corrected chi connectivity index (χ4v) is 2.62. The standard InChI is InChI=1S/C17H32N2O4/c1-7-22-15(20)14(12-13(2)3)18-8-10-19(11-9-18)16(21)23-17(4,5)6/h13-14H,7-12H2,1-6H3. The molecule has 0 bridgehead atoms. The summed E-state index contributed by atoms with van der Waals surface area (Å²) < 4.78 is 10.6. The number of amides is 1. The van der Waals surface area contributed by atoms with E-state index in [9.17, 15) is 9.59 Å². The summed E-state index contributed by atoms with van der Waals surface area (Å²) in [5.74, 6) is 0.250. The van der Waals surface area contributed by atoms with Gasteiger partial charge >= 0.3 is 12.1 Å². The number of carbonyl (C=O) groups is 2. The molecule has 1 heterocycles. The van der Waals surface area contributed by atoms with Gasteiger partial charge in [0.15, 0.2) is 0 Å². The Hall–Kier alpha value is -1.30. The van der Waals surface area contributed by atoms with Crippen molar-refractivity contribution in [1.82, 2.24) is 9.80 Å². The van der Waals surface area contributed by atoms with Crippen LogP contribution in [0.4, 0.5) is 4.79 Å². The molecule has 0 spiro atoms. The maximum atomic E-state index is 12.2. The van der Waals surface area contributed by atoms with E-state index in [4.69, 9.17) is 9.47 Å². The highest BCUT2D eigenvalue weighted by atomic mass is 16.6. The lowest BCUT2D eigenvalue weighted by molar-refractivity contribution is -0.151. The van der Waals surface area contributed by atoms with Crippen LogP contribution in [0.2, 0.25) is 0 Å². The number of esters is 1. The molecule has 0 N–H and O–H groups in total.